The quantitative estimate of drug-likeness (QED) is 0.563. The maximum Gasteiger partial charge on any atom is 0.0957 e. The lowest BCUT2D eigenvalue weighted by atomic mass is 10.2. The number of rotatable bonds is 6. The lowest BCUT2D eigenvalue weighted by molar-refractivity contribution is 0.684. The number of imidazole rings is 2. The number of hydrogen-bond donors (Lipinski definition) is 0. The van der Waals surface area contributed by atoms with E-state index >= 15 is 0 Å². The number of benzene rings is 1. The van der Waals surface area contributed by atoms with Crippen LogP contribution in [0.4, 0.5) is 0 Å². The normalized spacial score (nSPS) is 11.5. The van der Waals surface area contributed by atoms with Crippen molar-refractivity contribution in [1.82, 2.24) is 19.1 Å². The van der Waals surface area contributed by atoms with E-state index in [9.17, 15) is 0 Å². The second kappa shape index (κ2) is 10.2. The third-order valence-corrected chi connectivity index (χ3v) is 3.95. The Morgan fingerprint density at radius 2 is 1.85 bits per heavy atom. The first kappa shape index (κ1) is 19.4. The van der Waals surface area contributed by atoms with Crippen LogP contribution in [0.5, 0.6) is 0 Å². The number of aromatic nitrogens is 4. The summed E-state index contributed by atoms with van der Waals surface area (Å²) >= 11 is 0. The molecular formula is C22H28N4. The van der Waals surface area contributed by atoms with E-state index in [-0.39, 0.29) is 0 Å². The van der Waals surface area contributed by atoms with Crippen molar-refractivity contribution in [1.29, 1.82) is 0 Å². The highest BCUT2D eigenvalue weighted by Crippen LogP contribution is 2.17. The van der Waals surface area contributed by atoms with Crippen LogP contribution in [0, 0.1) is 0 Å². The first-order valence-electron chi connectivity index (χ1n) is 9.14. The summed E-state index contributed by atoms with van der Waals surface area (Å²) in [6, 6.07) is 10.2. The van der Waals surface area contributed by atoms with Gasteiger partial charge in [0.1, 0.15) is 0 Å². The largest absolute Gasteiger partial charge is 0.331 e. The third kappa shape index (κ3) is 5.06. The molecule has 0 unspecified atom stereocenters. The number of allylic oxidation sites excluding steroid dienone is 4. The van der Waals surface area contributed by atoms with E-state index in [0.29, 0.717) is 0 Å². The lowest BCUT2D eigenvalue weighted by Crippen LogP contribution is -2.07. The van der Waals surface area contributed by atoms with Crippen LogP contribution >= 0.6 is 0 Å². The van der Waals surface area contributed by atoms with Crippen molar-refractivity contribution in [3.05, 3.63) is 84.9 Å². The second-order valence-corrected chi connectivity index (χ2v) is 5.67. The summed E-state index contributed by atoms with van der Waals surface area (Å²) in [7, 11) is 0. The van der Waals surface area contributed by atoms with Gasteiger partial charge in [-0.25, -0.2) is 9.97 Å². The molecular weight excluding hydrogens is 320 g/mol. The zero-order chi connectivity index (χ0) is 18.8. The Bertz CT molecular complexity index is 838. The summed E-state index contributed by atoms with van der Waals surface area (Å²) in [5, 5.41) is 0. The van der Waals surface area contributed by atoms with Gasteiger partial charge >= 0.3 is 0 Å². The molecule has 2 heterocycles. The SMILES string of the molecule is C/C=C\C(=C/C)Cn1cncc1Cn1cnc(-c2ccccc2)c1.CC. The Hall–Kier alpha value is -2.88. The van der Waals surface area contributed by atoms with Crippen LogP contribution < -0.4 is 0 Å². The van der Waals surface area contributed by atoms with Gasteiger partial charge in [-0.2, -0.15) is 0 Å². The van der Waals surface area contributed by atoms with Gasteiger partial charge in [-0.05, 0) is 19.4 Å². The van der Waals surface area contributed by atoms with E-state index in [0.717, 1.165) is 30.0 Å². The molecule has 0 fully saturated rings. The Balaban J connectivity index is 0.00000117. The van der Waals surface area contributed by atoms with Crippen LogP contribution in [-0.2, 0) is 13.1 Å². The van der Waals surface area contributed by atoms with E-state index in [1.54, 1.807) is 0 Å². The number of nitrogens with zero attached hydrogens (tertiary/aromatic N) is 4. The maximum atomic E-state index is 4.51. The summed E-state index contributed by atoms with van der Waals surface area (Å²) in [5.74, 6) is 0. The van der Waals surface area contributed by atoms with E-state index in [2.05, 4.69) is 62.6 Å². The predicted molar refractivity (Wildman–Crippen MR) is 109 cm³/mol. The average Bonchev–Trinajstić information content (AvgIpc) is 3.34. The molecule has 0 radical (unpaired) electrons. The van der Waals surface area contributed by atoms with Gasteiger partial charge in [-0.3, -0.25) is 0 Å². The smallest absolute Gasteiger partial charge is 0.0957 e. The molecule has 2 aromatic heterocycles. The van der Waals surface area contributed by atoms with Gasteiger partial charge in [0.2, 0.25) is 0 Å². The van der Waals surface area contributed by atoms with E-state index < -0.39 is 0 Å². The fourth-order valence-electron chi connectivity index (χ4n) is 2.66. The minimum Gasteiger partial charge on any atom is -0.331 e. The van der Waals surface area contributed by atoms with Crippen LogP contribution in [0.1, 0.15) is 33.4 Å². The summed E-state index contributed by atoms with van der Waals surface area (Å²) in [4.78, 5) is 8.82. The molecule has 26 heavy (non-hydrogen) atoms. The maximum absolute atomic E-state index is 4.51. The van der Waals surface area contributed by atoms with Crippen molar-refractivity contribution in [2.45, 2.75) is 40.8 Å². The van der Waals surface area contributed by atoms with Crippen LogP contribution in [0.25, 0.3) is 11.3 Å². The fourth-order valence-corrected chi connectivity index (χ4v) is 2.66. The molecule has 0 saturated carbocycles. The van der Waals surface area contributed by atoms with Crippen LogP contribution in [0.2, 0.25) is 0 Å². The predicted octanol–water partition coefficient (Wildman–Crippen LogP) is 5.34. The van der Waals surface area contributed by atoms with Gasteiger partial charge in [-0.15, -0.1) is 0 Å². The van der Waals surface area contributed by atoms with Gasteiger partial charge < -0.3 is 9.13 Å². The summed E-state index contributed by atoms with van der Waals surface area (Å²) in [5.41, 5.74) is 4.56. The topological polar surface area (TPSA) is 35.6 Å². The molecule has 4 heteroatoms. The molecule has 0 bridgehead atoms. The van der Waals surface area contributed by atoms with Crippen molar-refractivity contribution in [2.24, 2.45) is 0 Å². The van der Waals surface area contributed by atoms with Crippen LogP contribution in [0.15, 0.2) is 79.2 Å². The molecule has 136 valence electrons. The number of hydrogen-bond acceptors (Lipinski definition) is 2. The zero-order valence-electron chi connectivity index (χ0n) is 16.1. The third-order valence-electron chi connectivity index (χ3n) is 3.95. The van der Waals surface area contributed by atoms with Crippen molar-refractivity contribution >= 4 is 0 Å². The molecule has 1 aromatic carbocycles. The van der Waals surface area contributed by atoms with E-state index in [1.807, 2.05) is 57.8 Å². The molecule has 0 atom stereocenters. The molecule has 0 aliphatic heterocycles. The van der Waals surface area contributed by atoms with Crippen molar-refractivity contribution in [2.75, 3.05) is 0 Å². The molecule has 4 nitrogen and oxygen atoms in total. The summed E-state index contributed by atoms with van der Waals surface area (Å²) in [6.45, 7) is 9.69. The lowest BCUT2D eigenvalue weighted by Gasteiger charge is -2.09. The fraction of sp³-hybridized carbons (Fsp3) is 0.273. The minimum absolute atomic E-state index is 0.757. The standard InChI is InChI=1S/C20H22N4.C2H6/c1-3-8-17(4-2)12-24-15-21-11-19(24)13-23-14-20(22-16-23)18-9-6-5-7-10-18;1-2/h3-11,14-16H,12-13H2,1-2H3;1-2H3/b8-3-,17-4+;. The highest BCUT2D eigenvalue weighted by molar-refractivity contribution is 5.57. The summed E-state index contributed by atoms with van der Waals surface area (Å²) in [6.07, 6.45) is 14.1. The van der Waals surface area contributed by atoms with Gasteiger partial charge in [0, 0.05) is 24.5 Å². The summed E-state index contributed by atoms with van der Waals surface area (Å²) < 4.78 is 4.28. The van der Waals surface area contributed by atoms with Gasteiger partial charge in [0.05, 0.1) is 30.6 Å². The first-order valence-corrected chi connectivity index (χ1v) is 9.14. The van der Waals surface area contributed by atoms with Gasteiger partial charge in [0.15, 0.2) is 0 Å². The molecule has 0 spiro atoms. The second-order valence-electron chi connectivity index (χ2n) is 5.67. The molecule has 3 rings (SSSR count). The molecule has 0 N–H and O–H groups in total. The zero-order valence-corrected chi connectivity index (χ0v) is 16.1. The van der Waals surface area contributed by atoms with Gasteiger partial charge in [-0.1, -0.05) is 62.4 Å². The molecule has 3 aromatic rings. The Labute approximate surface area is 156 Å². The Morgan fingerprint density at radius 1 is 1.08 bits per heavy atom. The molecule has 0 amide bonds. The highest BCUT2D eigenvalue weighted by Gasteiger charge is 2.06. The van der Waals surface area contributed by atoms with Crippen molar-refractivity contribution in [3.63, 3.8) is 0 Å². The molecule has 0 aliphatic rings. The Kier molecular flexibility index (Phi) is 7.62. The highest BCUT2D eigenvalue weighted by atomic mass is 15.1. The van der Waals surface area contributed by atoms with Crippen molar-refractivity contribution in [3.8, 4) is 11.3 Å². The average molecular weight is 348 g/mol. The van der Waals surface area contributed by atoms with E-state index in [1.165, 1.54) is 5.57 Å². The first-order chi connectivity index (χ1) is 12.8. The van der Waals surface area contributed by atoms with Crippen molar-refractivity contribution < 1.29 is 0 Å². The van der Waals surface area contributed by atoms with Gasteiger partial charge in [0.25, 0.3) is 0 Å². The van der Waals surface area contributed by atoms with Crippen LogP contribution in [-0.4, -0.2) is 19.1 Å². The molecule has 0 aliphatic carbocycles. The monoisotopic (exact) mass is 348 g/mol. The molecule has 0 saturated heterocycles. The van der Waals surface area contributed by atoms with E-state index in [4.69, 9.17) is 0 Å². The Morgan fingerprint density at radius 3 is 2.54 bits per heavy atom. The minimum atomic E-state index is 0.757. The van der Waals surface area contributed by atoms with Crippen LogP contribution in [0.3, 0.4) is 0 Å².